The molecule has 0 radical (unpaired) electrons. The van der Waals surface area contributed by atoms with Crippen molar-refractivity contribution in [1.82, 2.24) is 29.4 Å². The van der Waals surface area contributed by atoms with Crippen molar-refractivity contribution in [3.05, 3.63) is 79.0 Å². The fourth-order valence-corrected chi connectivity index (χ4v) is 4.62. The van der Waals surface area contributed by atoms with Crippen molar-refractivity contribution < 1.29 is 4.79 Å². The van der Waals surface area contributed by atoms with E-state index in [0.29, 0.717) is 17.3 Å². The summed E-state index contributed by atoms with van der Waals surface area (Å²) in [6.07, 6.45) is 7.38. The first-order valence-corrected chi connectivity index (χ1v) is 11.7. The summed E-state index contributed by atoms with van der Waals surface area (Å²) in [4.78, 5) is 31.3. The van der Waals surface area contributed by atoms with Crippen molar-refractivity contribution in [2.24, 2.45) is 7.05 Å². The molecule has 0 unspecified atom stereocenters. The number of carbonyl (C=O) groups is 1. The van der Waals surface area contributed by atoms with E-state index in [1.54, 1.807) is 18.7 Å². The van der Waals surface area contributed by atoms with E-state index in [4.69, 9.17) is 4.98 Å². The molecule has 1 saturated heterocycles. The Balaban J connectivity index is 1.25. The van der Waals surface area contributed by atoms with Crippen LogP contribution < -0.4 is 5.32 Å². The predicted molar refractivity (Wildman–Crippen MR) is 136 cm³/mol. The molecule has 5 aromatic rings. The lowest BCUT2D eigenvalue weighted by atomic mass is 10.1. The fraction of sp³-hybridized carbons (Fsp3) is 0.185. The Kier molecular flexibility index (Phi) is 5.25. The Hall–Kier alpha value is -4.46. The van der Waals surface area contributed by atoms with Crippen LogP contribution >= 0.6 is 0 Å². The molecular formula is C27H25N7O. The van der Waals surface area contributed by atoms with Crippen LogP contribution in [-0.4, -0.2) is 48.4 Å². The Morgan fingerprint density at radius 3 is 2.57 bits per heavy atom. The van der Waals surface area contributed by atoms with E-state index in [1.165, 1.54) is 0 Å². The average molecular weight is 464 g/mol. The largest absolute Gasteiger partial charge is 0.345 e. The zero-order chi connectivity index (χ0) is 23.8. The van der Waals surface area contributed by atoms with Crippen LogP contribution in [0.3, 0.4) is 0 Å². The summed E-state index contributed by atoms with van der Waals surface area (Å²) < 4.78 is 1.98. The number of nitrogens with zero attached hydrogens (tertiary/aromatic N) is 5. The van der Waals surface area contributed by atoms with Gasteiger partial charge in [-0.3, -0.25) is 4.79 Å². The second-order valence-corrected chi connectivity index (χ2v) is 8.79. The number of anilines is 2. The number of imidazole rings is 1. The van der Waals surface area contributed by atoms with E-state index < -0.39 is 0 Å². The van der Waals surface area contributed by atoms with E-state index in [1.807, 2.05) is 71.1 Å². The minimum Gasteiger partial charge on any atom is -0.345 e. The number of aromatic amines is 1. The molecule has 1 amide bonds. The van der Waals surface area contributed by atoms with Crippen LogP contribution in [0.25, 0.3) is 33.5 Å². The smallest absolute Gasteiger partial charge is 0.270 e. The lowest BCUT2D eigenvalue weighted by Gasteiger charge is -2.15. The Labute approximate surface area is 202 Å². The third-order valence-corrected chi connectivity index (χ3v) is 6.54. The monoisotopic (exact) mass is 463 g/mol. The number of benzene rings is 2. The van der Waals surface area contributed by atoms with Gasteiger partial charge in [-0.2, -0.15) is 0 Å². The average Bonchev–Trinajstić information content (AvgIpc) is 3.67. The molecule has 1 fully saturated rings. The van der Waals surface area contributed by atoms with Crippen LogP contribution in [0.1, 0.15) is 23.3 Å². The van der Waals surface area contributed by atoms with E-state index in [0.717, 1.165) is 59.3 Å². The van der Waals surface area contributed by atoms with Crippen molar-refractivity contribution in [1.29, 1.82) is 0 Å². The number of hydrogen-bond acceptors (Lipinski definition) is 5. The lowest BCUT2D eigenvalue weighted by Crippen LogP contribution is -2.29. The molecule has 0 spiro atoms. The van der Waals surface area contributed by atoms with Gasteiger partial charge in [0, 0.05) is 48.5 Å². The summed E-state index contributed by atoms with van der Waals surface area (Å²) in [5, 5.41) is 4.39. The number of amides is 1. The van der Waals surface area contributed by atoms with Crippen LogP contribution in [0.4, 0.5) is 11.5 Å². The standard InChI is InChI=1S/C27H25N7O/c1-33-23-15-20(5-4-19(23)14-24(33)27(35)34-12-2-3-13-34)26-29-11-10-25(32-26)31-21-8-6-18(7-9-21)22-16-28-17-30-22/h4-11,14-17H,2-3,12-13H2,1H3,(H,28,30)(H,29,31,32). The number of H-pyrrole nitrogens is 1. The summed E-state index contributed by atoms with van der Waals surface area (Å²) >= 11 is 0. The SMILES string of the molecule is Cn1c(C(=O)N2CCCC2)cc2ccc(-c3nccc(Nc4ccc(-c5cnc[nH]5)cc4)n3)cc21. The zero-order valence-corrected chi connectivity index (χ0v) is 19.4. The first kappa shape index (κ1) is 21.1. The zero-order valence-electron chi connectivity index (χ0n) is 19.4. The van der Waals surface area contributed by atoms with Gasteiger partial charge in [0.25, 0.3) is 5.91 Å². The fourth-order valence-electron chi connectivity index (χ4n) is 4.62. The van der Waals surface area contributed by atoms with Gasteiger partial charge in [-0.05, 0) is 48.7 Å². The van der Waals surface area contributed by atoms with Gasteiger partial charge in [0.1, 0.15) is 11.5 Å². The molecule has 8 heteroatoms. The minimum absolute atomic E-state index is 0.101. The molecule has 6 rings (SSSR count). The molecule has 3 aromatic heterocycles. The van der Waals surface area contributed by atoms with E-state index >= 15 is 0 Å². The molecule has 35 heavy (non-hydrogen) atoms. The molecule has 174 valence electrons. The first-order chi connectivity index (χ1) is 17.2. The number of nitrogens with one attached hydrogen (secondary N) is 2. The van der Waals surface area contributed by atoms with Gasteiger partial charge in [-0.1, -0.05) is 24.3 Å². The third kappa shape index (κ3) is 4.03. The van der Waals surface area contributed by atoms with Crippen LogP contribution in [0.15, 0.2) is 73.3 Å². The van der Waals surface area contributed by atoms with Crippen molar-refractivity contribution in [2.45, 2.75) is 12.8 Å². The summed E-state index contributed by atoms with van der Waals surface area (Å²) in [5.41, 5.74) is 5.57. The molecule has 4 heterocycles. The number of likely N-dealkylation sites (tertiary alicyclic amines) is 1. The molecule has 0 atom stereocenters. The Morgan fingerprint density at radius 2 is 1.80 bits per heavy atom. The maximum atomic E-state index is 13.0. The van der Waals surface area contributed by atoms with Crippen LogP contribution in [0.5, 0.6) is 0 Å². The lowest BCUT2D eigenvalue weighted by molar-refractivity contribution is 0.0784. The Bertz CT molecular complexity index is 1500. The number of hydrogen-bond donors (Lipinski definition) is 2. The van der Waals surface area contributed by atoms with E-state index in [2.05, 4.69) is 20.3 Å². The van der Waals surface area contributed by atoms with Gasteiger partial charge in [0.15, 0.2) is 5.82 Å². The molecule has 0 bridgehead atoms. The van der Waals surface area contributed by atoms with Crippen LogP contribution in [0, 0.1) is 0 Å². The van der Waals surface area contributed by atoms with Crippen LogP contribution in [-0.2, 0) is 7.05 Å². The first-order valence-electron chi connectivity index (χ1n) is 11.7. The molecule has 2 N–H and O–H groups in total. The topological polar surface area (TPSA) is 91.7 Å². The second kappa shape index (κ2) is 8.72. The number of fused-ring (bicyclic) bond motifs is 1. The molecule has 1 aliphatic heterocycles. The molecule has 0 saturated carbocycles. The van der Waals surface area contributed by atoms with Gasteiger partial charge in [-0.25, -0.2) is 15.0 Å². The number of aryl methyl sites for hydroxylation is 1. The highest BCUT2D eigenvalue weighted by Crippen LogP contribution is 2.27. The quantitative estimate of drug-likeness (QED) is 0.383. The molecule has 0 aliphatic carbocycles. The van der Waals surface area contributed by atoms with Gasteiger partial charge >= 0.3 is 0 Å². The van der Waals surface area contributed by atoms with Crippen molar-refractivity contribution in [3.63, 3.8) is 0 Å². The van der Waals surface area contributed by atoms with Crippen molar-refractivity contribution >= 4 is 28.3 Å². The van der Waals surface area contributed by atoms with Gasteiger partial charge in [0.05, 0.1) is 18.2 Å². The number of carbonyl (C=O) groups excluding carboxylic acids is 1. The third-order valence-electron chi connectivity index (χ3n) is 6.54. The summed E-state index contributed by atoms with van der Waals surface area (Å²) in [5.74, 6) is 1.43. The highest BCUT2D eigenvalue weighted by Gasteiger charge is 2.23. The van der Waals surface area contributed by atoms with Crippen molar-refractivity contribution in [3.8, 4) is 22.6 Å². The van der Waals surface area contributed by atoms with Gasteiger partial charge in [0.2, 0.25) is 0 Å². The second-order valence-electron chi connectivity index (χ2n) is 8.79. The van der Waals surface area contributed by atoms with E-state index in [9.17, 15) is 4.79 Å². The minimum atomic E-state index is 0.101. The Morgan fingerprint density at radius 1 is 1.00 bits per heavy atom. The molecule has 8 nitrogen and oxygen atoms in total. The summed E-state index contributed by atoms with van der Waals surface area (Å²) in [6, 6.07) is 18.0. The van der Waals surface area contributed by atoms with Crippen molar-refractivity contribution in [2.75, 3.05) is 18.4 Å². The maximum Gasteiger partial charge on any atom is 0.270 e. The highest BCUT2D eigenvalue weighted by molar-refractivity contribution is 5.99. The molecular weight excluding hydrogens is 438 g/mol. The number of rotatable bonds is 5. The predicted octanol–water partition coefficient (Wildman–Crippen LogP) is 5.01. The summed E-state index contributed by atoms with van der Waals surface area (Å²) in [6.45, 7) is 1.68. The van der Waals surface area contributed by atoms with E-state index in [-0.39, 0.29) is 5.91 Å². The molecule has 1 aliphatic rings. The van der Waals surface area contributed by atoms with Gasteiger partial charge < -0.3 is 19.8 Å². The van der Waals surface area contributed by atoms with Gasteiger partial charge in [-0.15, -0.1) is 0 Å². The highest BCUT2D eigenvalue weighted by atomic mass is 16.2. The normalized spacial score (nSPS) is 13.5. The summed E-state index contributed by atoms with van der Waals surface area (Å²) in [7, 11) is 1.95. The maximum absolute atomic E-state index is 13.0. The van der Waals surface area contributed by atoms with Crippen LogP contribution in [0.2, 0.25) is 0 Å². The number of aromatic nitrogens is 5. The molecule has 2 aromatic carbocycles.